The van der Waals surface area contributed by atoms with Gasteiger partial charge in [-0.25, -0.2) is 4.98 Å². The second-order valence-corrected chi connectivity index (χ2v) is 3.90. The maximum Gasteiger partial charge on any atom is 0.262 e. The van der Waals surface area contributed by atoms with Crippen LogP contribution in [0.15, 0.2) is 6.33 Å². The van der Waals surface area contributed by atoms with Crippen molar-refractivity contribution < 1.29 is 18.9 Å². The first-order valence-electron chi connectivity index (χ1n) is 6.65. The summed E-state index contributed by atoms with van der Waals surface area (Å²) in [5.74, 6) is 1.55. The molecule has 114 valence electrons. The van der Waals surface area contributed by atoms with E-state index in [2.05, 4.69) is 15.3 Å². The van der Waals surface area contributed by atoms with Gasteiger partial charge in [0.1, 0.15) is 12.9 Å². The Morgan fingerprint density at radius 1 is 1.10 bits per heavy atom. The summed E-state index contributed by atoms with van der Waals surface area (Å²) >= 11 is 0. The zero-order chi connectivity index (χ0) is 14.6. The molecule has 0 bridgehead atoms. The van der Waals surface area contributed by atoms with Gasteiger partial charge in [0, 0.05) is 26.9 Å². The summed E-state index contributed by atoms with van der Waals surface area (Å²) in [7, 11) is 3.24. The van der Waals surface area contributed by atoms with Gasteiger partial charge in [0.15, 0.2) is 5.82 Å². The second-order valence-electron chi connectivity index (χ2n) is 3.90. The molecule has 0 radical (unpaired) electrons. The maximum atomic E-state index is 5.55. The Hall–Kier alpha value is -1.60. The van der Waals surface area contributed by atoms with Crippen LogP contribution in [-0.4, -0.2) is 57.2 Å². The Labute approximate surface area is 119 Å². The van der Waals surface area contributed by atoms with E-state index in [-0.39, 0.29) is 0 Å². The molecule has 0 aliphatic heterocycles. The molecule has 1 aromatic heterocycles. The van der Waals surface area contributed by atoms with Crippen LogP contribution < -0.4 is 14.8 Å². The van der Waals surface area contributed by atoms with E-state index in [0.717, 1.165) is 13.0 Å². The van der Waals surface area contributed by atoms with E-state index in [9.17, 15) is 0 Å². The summed E-state index contributed by atoms with van der Waals surface area (Å²) in [5.41, 5.74) is 0. The van der Waals surface area contributed by atoms with Gasteiger partial charge in [0.05, 0.1) is 13.7 Å². The van der Waals surface area contributed by atoms with Gasteiger partial charge in [-0.3, -0.25) is 0 Å². The van der Waals surface area contributed by atoms with Crippen LogP contribution in [-0.2, 0) is 9.47 Å². The second kappa shape index (κ2) is 10.2. The predicted octanol–water partition coefficient (Wildman–Crippen LogP) is 1.35. The predicted molar refractivity (Wildman–Crippen MR) is 75.6 cm³/mol. The van der Waals surface area contributed by atoms with Gasteiger partial charge in [-0.15, -0.1) is 0 Å². The highest BCUT2D eigenvalue weighted by Crippen LogP contribution is 2.30. The first-order chi connectivity index (χ1) is 9.83. The van der Waals surface area contributed by atoms with Crippen molar-refractivity contribution in [3.63, 3.8) is 0 Å². The average molecular weight is 285 g/mol. The van der Waals surface area contributed by atoms with Crippen LogP contribution in [0, 0.1) is 0 Å². The molecule has 0 saturated heterocycles. The highest BCUT2D eigenvalue weighted by Gasteiger charge is 2.12. The minimum Gasteiger partial charge on any atom is -0.489 e. The summed E-state index contributed by atoms with van der Waals surface area (Å²) in [6.07, 6.45) is 2.31. The normalized spacial score (nSPS) is 10.3. The zero-order valence-electron chi connectivity index (χ0n) is 12.3. The van der Waals surface area contributed by atoms with E-state index in [1.54, 1.807) is 14.2 Å². The van der Waals surface area contributed by atoms with Crippen molar-refractivity contribution in [2.24, 2.45) is 0 Å². The van der Waals surface area contributed by atoms with Crippen LogP contribution in [0.4, 0.5) is 5.82 Å². The zero-order valence-corrected chi connectivity index (χ0v) is 12.3. The maximum absolute atomic E-state index is 5.55. The summed E-state index contributed by atoms with van der Waals surface area (Å²) < 4.78 is 21.2. The third kappa shape index (κ3) is 5.58. The number of hydrogen-bond donors (Lipinski definition) is 1. The quantitative estimate of drug-likeness (QED) is 0.615. The van der Waals surface area contributed by atoms with Gasteiger partial charge in [-0.1, -0.05) is 0 Å². The molecule has 0 amide bonds. The Morgan fingerprint density at radius 2 is 1.95 bits per heavy atom. The molecular weight excluding hydrogens is 262 g/mol. The van der Waals surface area contributed by atoms with Crippen LogP contribution >= 0.6 is 0 Å². The third-order valence-corrected chi connectivity index (χ3v) is 2.42. The lowest BCUT2D eigenvalue weighted by molar-refractivity contribution is 0.0787. The smallest absolute Gasteiger partial charge is 0.262 e. The van der Waals surface area contributed by atoms with Gasteiger partial charge in [-0.05, 0) is 13.3 Å². The van der Waals surface area contributed by atoms with Crippen LogP contribution in [0.2, 0.25) is 0 Å². The van der Waals surface area contributed by atoms with E-state index in [0.29, 0.717) is 43.9 Å². The number of methoxy groups -OCH3 is 2. The van der Waals surface area contributed by atoms with Crippen molar-refractivity contribution in [3.8, 4) is 11.6 Å². The number of aromatic nitrogens is 2. The minimum absolute atomic E-state index is 0.409. The van der Waals surface area contributed by atoms with E-state index in [1.165, 1.54) is 6.33 Å². The monoisotopic (exact) mass is 285 g/mol. The third-order valence-electron chi connectivity index (χ3n) is 2.42. The minimum atomic E-state index is 0.409. The fourth-order valence-electron chi connectivity index (χ4n) is 1.54. The number of hydrogen-bond acceptors (Lipinski definition) is 7. The largest absolute Gasteiger partial charge is 0.489 e. The van der Waals surface area contributed by atoms with E-state index >= 15 is 0 Å². The summed E-state index contributed by atoms with van der Waals surface area (Å²) in [6, 6.07) is 0. The van der Waals surface area contributed by atoms with E-state index < -0.39 is 0 Å². The van der Waals surface area contributed by atoms with Crippen LogP contribution in [0.1, 0.15) is 13.3 Å². The number of nitrogens with zero attached hydrogens (tertiary/aromatic N) is 2. The van der Waals surface area contributed by atoms with E-state index in [4.69, 9.17) is 18.9 Å². The number of nitrogens with one attached hydrogen (secondary N) is 1. The molecule has 0 aliphatic rings. The molecule has 0 atom stereocenters. The molecule has 0 aromatic carbocycles. The van der Waals surface area contributed by atoms with Gasteiger partial charge in [0.2, 0.25) is 5.75 Å². The lowest BCUT2D eigenvalue weighted by Gasteiger charge is -2.12. The van der Waals surface area contributed by atoms with Crippen molar-refractivity contribution in [1.29, 1.82) is 0 Å². The first kappa shape index (κ1) is 16.5. The fourth-order valence-corrected chi connectivity index (χ4v) is 1.54. The molecule has 0 aliphatic carbocycles. The van der Waals surface area contributed by atoms with Gasteiger partial charge in [0.25, 0.3) is 5.88 Å². The average Bonchev–Trinajstić information content (AvgIpc) is 2.47. The molecule has 1 N–H and O–H groups in total. The first-order valence-corrected chi connectivity index (χ1v) is 6.65. The molecule has 1 rings (SSSR count). The molecule has 1 heterocycles. The topological polar surface area (TPSA) is 74.7 Å². The van der Waals surface area contributed by atoms with Crippen LogP contribution in [0.25, 0.3) is 0 Å². The molecule has 1 aromatic rings. The fraction of sp³-hybridized carbons (Fsp3) is 0.692. The Balaban J connectivity index is 2.37. The van der Waals surface area contributed by atoms with E-state index in [1.807, 2.05) is 6.92 Å². The van der Waals surface area contributed by atoms with Gasteiger partial charge < -0.3 is 24.3 Å². The molecule has 0 spiro atoms. The summed E-state index contributed by atoms with van der Waals surface area (Å²) in [4.78, 5) is 8.17. The Morgan fingerprint density at radius 3 is 2.65 bits per heavy atom. The standard InChI is InChI=1S/C13H23N3O4/c1-4-14-12-11(18-3)13(16-10-15-12)20-9-8-19-7-5-6-17-2/h10H,4-9H2,1-3H3,(H,14,15,16). The number of anilines is 1. The van der Waals surface area contributed by atoms with Gasteiger partial charge >= 0.3 is 0 Å². The Bertz CT molecular complexity index is 377. The highest BCUT2D eigenvalue weighted by molar-refractivity contribution is 5.54. The highest BCUT2D eigenvalue weighted by atomic mass is 16.5. The van der Waals surface area contributed by atoms with Crippen LogP contribution in [0.5, 0.6) is 11.6 Å². The van der Waals surface area contributed by atoms with Crippen molar-refractivity contribution in [2.75, 3.05) is 52.5 Å². The Kier molecular flexibility index (Phi) is 8.41. The molecule has 0 fully saturated rings. The number of ether oxygens (including phenoxy) is 4. The van der Waals surface area contributed by atoms with Crippen molar-refractivity contribution >= 4 is 5.82 Å². The van der Waals surface area contributed by atoms with Crippen molar-refractivity contribution in [3.05, 3.63) is 6.33 Å². The van der Waals surface area contributed by atoms with Gasteiger partial charge in [-0.2, -0.15) is 4.98 Å². The molecule has 7 nitrogen and oxygen atoms in total. The van der Waals surface area contributed by atoms with Crippen molar-refractivity contribution in [2.45, 2.75) is 13.3 Å². The lowest BCUT2D eigenvalue weighted by Crippen LogP contribution is -2.11. The molecule has 0 saturated carbocycles. The number of rotatable bonds is 11. The van der Waals surface area contributed by atoms with Crippen molar-refractivity contribution in [1.82, 2.24) is 9.97 Å². The molecule has 20 heavy (non-hydrogen) atoms. The lowest BCUT2D eigenvalue weighted by atomic mass is 10.5. The molecular formula is C13H23N3O4. The van der Waals surface area contributed by atoms with Crippen LogP contribution in [0.3, 0.4) is 0 Å². The summed E-state index contributed by atoms with van der Waals surface area (Å²) in [6.45, 7) is 4.98. The molecule has 7 heteroatoms. The SMILES string of the molecule is CCNc1ncnc(OCCOCCCOC)c1OC. The summed E-state index contributed by atoms with van der Waals surface area (Å²) in [5, 5.41) is 3.09. The molecule has 0 unspecified atom stereocenters.